The lowest BCUT2D eigenvalue weighted by Crippen LogP contribution is -2.30. The predicted octanol–water partition coefficient (Wildman–Crippen LogP) is 15.1. The molecule has 0 aromatic heterocycles. The predicted molar refractivity (Wildman–Crippen MR) is 242 cm³/mol. The van der Waals surface area contributed by atoms with Gasteiger partial charge in [0, 0.05) is 19.3 Å². The second-order valence-corrected chi connectivity index (χ2v) is 15.3. The fourth-order valence-corrected chi connectivity index (χ4v) is 6.23. The van der Waals surface area contributed by atoms with Gasteiger partial charge in [-0.2, -0.15) is 0 Å². The first-order chi connectivity index (χ1) is 28.0. The first kappa shape index (κ1) is 53.9. The van der Waals surface area contributed by atoms with Crippen LogP contribution in [0.15, 0.2) is 72.9 Å². The normalized spacial score (nSPS) is 12.7. The van der Waals surface area contributed by atoms with E-state index in [2.05, 4.69) is 93.7 Å². The Bertz CT molecular complexity index is 1100. The Hall–Kier alpha value is -3.15. The molecule has 326 valence electrons. The third-order valence-corrected chi connectivity index (χ3v) is 9.71. The minimum Gasteiger partial charge on any atom is -0.462 e. The molecule has 0 fully saturated rings. The quantitative estimate of drug-likeness (QED) is 0.0265. The van der Waals surface area contributed by atoms with E-state index in [0.717, 1.165) is 122 Å². The summed E-state index contributed by atoms with van der Waals surface area (Å²) in [6.45, 7) is 6.34. The molecule has 0 aliphatic carbocycles. The number of hydrogen-bond donors (Lipinski definition) is 0. The zero-order valence-electron chi connectivity index (χ0n) is 37.1. The van der Waals surface area contributed by atoms with Crippen LogP contribution in [0.1, 0.15) is 213 Å². The van der Waals surface area contributed by atoms with Crippen LogP contribution in [0.5, 0.6) is 0 Å². The Morgan fingerprint density at radius 3 is 1.07 bits per heavy atom. The summed E-state index contributed by atoms with van der Waals surface area (Å²) in [5, 5.41) is 0. The number of carbonyl (C=O) groups is 3. The fourth-order valence-electron chi connectivity index (χ4n) is 6.23. The van der Waals surface area contributed by atoms with Crippen LogP contribution >= 0.6 is 0 Å². The van der Waals surface area contributed by atoms with Crippen molar-refractivity contribution < 1.29 is 28.6 Å². The van der Waals surface area contributed by atoms with E-state index in [1.807, 2.05) is 0 Å². The van der Waals surface area contributed by atoms with Gasteiger partial charge in [0.1, 0.15) is 13.2 Å². The van der Waals surface area contributed by atoms with Crippen molar-refractivity contribution in [2.24, 2.45) is 0 Å². The van der Waals surface area contributed by atoms with Gasteiger partial charge < -0.3 is 14.2 Å². The highest BCUT2D eigenvalue weighted by Crippen LogP contribution is 2.13. The van der Waals surface area contributed by atoms with Crippen LogP contribution in [-0.2, 0) is 28.6 Å². The summed E-state index contributed by atoms with van der Waals surface area (Å²) in [5.74, 6) is -0.923. The molecule has 0 rings (SSSR count). The molecule has 0 saturated carbocycles. The third kappa shape index (κ3) is 43.8. The van der Waals surface area contributed by atoms with E-state index < -0.39 is 6.10 Å². The molecular formula is C51H86O6. The topological polar surface area (TPSA) is 78.9 Å². The van der Waals surface area contributed by atoms with E-state index in [1.165, 1.54) is 51.4 Å². The van der Waals surface area contributed by atoms with E-state index in [-0.39, 0.29) is 31.1 Å². The van der Waals surface area contributed by atoms with Gasteiger partial charge in [-0.15, -0.1) is 0 Å². The van der Waals surface area contributed by atoms with Gasteiger partial charge in [0.05, 0.1) is 0 Å². The lowest BCUT2D eigenvalue weighted by Gasteiger charge is -2.18. The summed E-state index contributed by atoms with van der Waals surface area (Å²) < 4.78 is 16.7. The Kier molecular flexibility index (Phi) is 43.0. The summed E-state index contributed by atoms with van der Waals surface area (Å²) in [5.41, 5.74) is 0. The number of carbonyl (C=O) groups excluding carboxylic acids is 3. The lowest BCUT2D eigenvalue weighted by molar-refractivity contribution is -0.167. The summed E-state index contributed by atoms with van der Waals surface area (Å²) >= 11 is 0. The van der Waals surface area contributed by atoms with Gasteiger partial charge in [-0.25, -0.2) is 0 Å². The molecular weight excluding hydrogens is 709 g/mol. The molecule has 0 saturated heterocycles. The Balaban J connectivity index is 4.34. The first-order valence-electron chi connectivity index (χ1n) is 23.4. The fraction of sp³-hybridized carbons (Fsp3) is 0.706. The van der Waals surface area contributed by atoms with E-state index in [4.69, 9.17) is 14.2 Å². The van der Waals surface area contributed by atoms with Gasteiger partial charge in [-0.05, 0) is 83.5 Å². The minimum atomic E-state index is -0.784. The van der Waals surface area contributed by atoms with Gasteiger partial charge in [0.2, 0.25) is 0 Å². The van der Waals surface area contributed by atoms with Crippen molar-refractivity contribution in [3.63, 3.8) is 0 Å². The van der Waals surface area contributed by atoms with Crippen molar-refractivity contribution in [2.45, 2.75) is 219 Å². The number of rotatable bonds is 41. The van der Waals surface area contributed by atoms with E-state index in [9.17, 15) is 14.4 Å². The first-order valence-corrected chi connectivity index (χ1v) is 23.4. The molecule has 0 aliphatic rings. The van der Waals surface area contributed by atoms with Crippen molar-refractivity contribution in [1.82, 2.24) is 0 Å². The van der Waals surface area contributed by atoms with Gasteiger partial charge in [0.15, 0.2) is 6.10 Å². The second kappa shape index (κ2) is 45.6. The molecule has 6 nitrogen and oxygen atoms in total. The standard InChI is InChI=1S/C51H86O6/c1-4-7-10-13-16-18-20-22-24-25-27-28-30-32-35-38-41-44-50(53)56-47-48(46-55-49(52)43-40-37-34-15-12-9-6-3)57-51(54)45-42-39-36-33-31-29-26-23-21-19-17-14-11-8-5-2/h7-8,10-11,16-19,22-24,26,48H,4-6,9,12-15,20-21,25,27-47H2,1-3H3/b10-7-,11-8-,18-16-,19-17-,24-22-,26-23-. The average Bonchev–Trinajstić information content (AvgIpc) is 3.21. The zero-order chi connectivity index (χ0) is 41.5. The molecule has 0 radical (unpaired) electrons. The summed E-state index contributed by atoms with van der Waals surface area (Å²) in [6, 6.07) is 0. The molecule has 0 aromatic rings. The number of hydrogen-bond acceptors (Lipinski definition) is 6. The molecule has 0 heterocycles. The molecule has 0 N–H and O–H groups in total. The SMILES string of the molecule is CC/C=C\C/C=C\C/C=C\CCCCCCCCCC(=O)OCC(COC(=O)CCCCCCCCC)OC(=O)CCCCCCC/C=C\C/C=C\C/C=C\CC. The van der Waals surface area contributed by atoms with Gasteiger partial charge in [-0.1, -0.05) is 184 Å². The van der Waals surface area contributed by atoms with Crippen LogP contribution in [0.2, 0.25) is 0 Å². The van der Waals surface area contributed by atoms with Crippen LogP contribution in [0.3, 0.4) is 0 Å². The highest BCUT2D eigenvalue weighted by molar-refractivity contribution is 5.71. The van der Waals surface area contributed by atoms with Crippen LogP contribution in [0, 0.1) is 0 Å². The van der Waals surface area contributed by atoms with Crippen molar-refractivity contribution >= 4 is 17.9 Å². The molecule has 6 heteroatoms. The highest BCUT2D eigenvalue weighted by Gasteiger charge is 2.19. The number of esters is 3. The van der Waals surface area contributed by atoms with E-state index in [0.29, 0.717) is 19.3 Å². The summed E-state index contributed by atoms with van der Waals surface area (Å²) in [4.78, 5) is 37.7. The Labute approximate surface area is 351 Å². The Morgan fingerprint density at radius 2 is 0.684 bits per heavy atom. The molecule has 0 bridgehead atoms. The smallest absolute Gasteiger partial charge is 0.306 e. The molecule has 0 amide bonds. The average molecular weight is 795 g/mol. The van der Waals surface area contributed by atoms with Crippen molar-refractivity contribution in [3.05, 3.63) is 72.9 Å². The van der Waals surface area contributed by atoms with E-state index in [1.54, 1.807) is 0 Å². The summed E-state index contributed by atoms with van der Waals surface area (Å²) in [6.07, 6.45) is 56.1. The van der Waals surface area contributed by atoms with Gasteiger partial charge in [0.25, 0.3) is 0 Å². The van der Waals surface area contributed by atoms with Crippen LogP contribution < -0.4 is 0 Å². The third-order valence-electron chi connectivity index (χ3n) is 9.71. The minimum absolute atomic E-state index is 0.0860. The Morgan fingerprint density at radius 1 is 0.368 bits per heavy atom. The van der Waals surface area contributed by atoms with Gasteiger partial charge in [-0.3, -0.25) is 14.4 Å². The molecule has 0 aliphatic heterocycles. The van der Waals surface area contributed by atoms with Crippen LogP contribution in [-0.4, -0.2) is 37.2 Å². The van der Waals surface area contributed by atoms with Crippen molar-refractivity contribution in [3.8, 4) is 0 Å². The van der Waals surface area contributed by atoms with Crippen LogP contribution in [0.4, 0.5) is 0 Å². The largest absolute Gasteiger partial charge is 0.462 e. The van der Waals surface area contributed by atoms with Crippen LogP contribution in [0.25, 0.3) is 0 Å². The molecule has 57 heavy (non-hydrogen) atoms. The molecule has 1 atom stereocenters. The maximum absolute atomic E-state index is 12.7. The molecule has 0 spiro atoms. The zero-order valence-corrected chi connectivity index (χ0v) is 37.1. The molecule has 1 unspecified atom stereocenters. The number of unbranched alkanes of at least 4 members (excludes halogenated alkanes) is 18. The van der Waals surface area contributed by atoms with Crippen molar-refractivity contribution in [1.29, 1.82) is 0 Å². The number of ether oxygens (including phenoxy) is 3. The second-order valence-electron chi connectivity index (χ2n) is 15.3. The maximum atomic E-state index is 12.7. The monoisotopic (exact) mass is 795 g/mol. The van der Waals surface area contributed by atoms with Gasteiger partial charge >= 0.3 is 17.9 Å². The summed E-state index contributed by atoms with van der Waals surface area (Å²) in [7, 11) is 0. The lowest BCUT2D eigenvalue weighted by atomic mass is 10.1. The van der Waals surface area contributed by atoms with E-state index >= 15 is 0 Å². The maximum Gasteiger partial charge on any atom is 0.306 e. The highest BCUT2D eigenvalue weighted by atomic mass is 16.6. The van der Waals surface area contributed by atoms with Crippen molar-refractivity contribution in [2.75, 3.05) is 13.2 Å². The molecule has 0 aromatic carbocycles. The number of allylic oxidation sites excluding steroid dienone is 12.